The van der Waals surface area contributed by atoms with Crippen molar-refractivity contribution in [1.29, 1.82) is 0 Å². The molecule has 1 fully saturated rings. The zero-order chi connectivity index (χ0) is 16.4. The van der Waals surface area contributed by atoms with Crippen LogP contribution >= 0.6 is 11.6 Å². The van der Waals surface area contributed by atoms with Gasteiger partial charge in [0.25, 0.3) is 5.91 Å². The number of hydrogen-bond acceptors (Lipinski definition) is 1. The quantitative estimate of drug-likeness (QED) is 0.760. The molecule has 0 spiro atoms. The molecule has 3 rings (SSSR count). The maximum atomic E-state index is 13.2. The van der Waals surface area contributed by atoms with Crippen LogP contribution in [-0.2, 0) is 0 Å². The maximum absolute atomic E-state index is 13.2. The fraction of sp³-hybridized carbons (Fsp3) is 0.316. The summed E-state index contributed by atoms with van der Waals surface area (Å²) in [5.74, 6) is -0.374. The lowest BCUT2D eigenvalue weighted by Gasteiger charge is -2.24. The minimum Gasteiger partial charge on any atom is -0.339 e. The molecule has 1 saturated carbocycles. The van der Waals surface area contributed by atoms with Gasteiger partial charge in [0, 0.05) is 18.7 Å². The summed E-state index contributed by atoms with van der Waals surface area (Å²) in [4.78, 5) is 14.4. The molecule has 0 N–H and O–H groups in total. The van der Waals surface area contributed by atoms with Gasteiger partial charge in [-0.1, -0.05) is 42.6 Å². The molecule has 0 radical (unpaired) electrons. The van der Waals surface area contributed by atoms with Crippen LogP contribution in [0.5, 0.6) is 0 Å². The van der Waals surface area contributed by atoms with Crippen molar-refractivity contribution in [3.63, 3.8) is 0 Å². The van der Waals surface area contributed by atoms with Crippen molar-refractivity contribution in [1.82, 2.24) is 4.90 Å². The molecule has 0 unspecified atom stereocenters. The van der Waals surface area contributed by atoms with Crippen molar-refractivity contribution in [2.24, 2.45) is 0 Å². The van der Waals surface area contributed by atoms with E-state index in [0.29, 0.717) is 11.6 Å². The molecule has 2 nitrogen and oxygen atoms in total. The first kappa shape index (κ1) is 16.0. The van der Waals surface area contributed by atoms with Crippen molar-refractivity contribution in [2.45, 2.75) is 31.7 Å². The van der Waals surface area contributed by atoms with Crippen LogP contribution < -0.4 is 0 Å². The Balaban J connectivity index is 1.78. The maximum Gasteiger partial charge on any atom is 0.253 e. The smallest absolute Gasteiger partial charge is 0.253 e. The summed E-state index contributed by atoms with van der Waals surface area (Å²) in [6.45, 7) is 0. The lowest BCUT2D eigenvalue weighted by molar-refractivity contribution is 0.0735. The number of amides is 1. The third kappa shape index (κ3) is 3.40. The minimum atomic E-state index is -0.430. The Morgan fingerprint density at radius 1 is 1.09 bits per heavy atom. The molecule has 2 aromatic rings. The van der Waals surface area contributed by atoms with Crippen molar-refractivity contribution in [3.05, 3.63) is 58.9 Å². The first-order valence-electron chi connectivity index (χ1n) is 7.89. The van der Waals surface area contributed by atoms with E-state index in [9.17, 15) is 9.18 Å². The van der Waals surface area contributed by atoms with Gasteiger partial charge in [0.05, 0.1) is 5.02 Å². The molecule has 0 aromatic heterocycles. The van der Waals surface area contributed by atoms with E-state index in [2.05, 4.69) is 0 Å². The molecule has 0 atom stereocenters. The standard InChI is InChI=1S/C19H19ClFNO/c1-22(16-4-2-3-5-16)19(23)14-8-6-13(7-9-14)15-10-11-18(21)17(20)12-15/h6-12,16H,2-5H2,1H3. The summed E-state index contributed by atoms with van der Waals surface area (Å²) in [5.41, 5.74) is 2.42. The molecule has 0 aliphatic heterocycles. The topological polar surface area (TPSA) is 20.3 Å². The Kier molecular flexibility index (Phi) is 4.67. The first-order chi connectivity index (χ1) is 11.1. The highest BCUT2D eigenvalue weighted by atomic mass is 35.5. The second-order valence-corrected chi connectivity index (χ2v) is 6.47. The SMILES string of the molecule is CN(C(=O)c1ccc(-c2ccc(F)c(Cl)c2)cc1)C1CCCC1. The van der Waals surface area contributed by atoms with Crippen LogP contribution in [0.25, 0.3) is 11.1 Å². The summed E-state index contributed by atoms with van der Waals surface area (Å²) >= 11 is 5.82. The van der Waals surface area contributed by atoms with Crippen LogP contribution in [0.3, 0.4) is 0 Å². The van der Waals surface area contributed by atoms with Gasteiger partial charge in [-0.25, -0.2) is 4.39 Å². The first-order valence-corrected chi connectivity index (χ1v) is 8.26. The average molecular weight is 332 g/mol. The predicted molar refractivity (Wildman–Crippen MR) is 91.2 cm³/mol. The number of benzene rings is 2. The average Bonchev–Trinajstić information content (AvgIpc) is 3.11. The second kappa shape index (κ2) is 6.71. The molecule has 1 aliphatic carbocycles. The van der Waals surface area contributed by atoms with Crippen LogP contribution in [0.1, 0.15) is 36.0 Å². The van der Waals surface area contributed by atoms with Crippen molar-refractivity contribution in [2.75, 3.05) is 7.05 Å². The Morgan fingerprint density at radius 3 is 2.30 bits per heavy atom. The molecular formula is C19H19ClFNO. The van der Waals surface area contributed by atoms with E-state index in [1.54, 1.807) is 12.1 Å². The molecule has 23 heavy (non-hydrogen) atoms. The predicted octanol–water partition coefficient (Wildman–Crippen LogP) is 5.16. The van der Waals surface area contributed by atoms with E-state index < -0.39 is 5.82 Å². The van der Waals surface area contributed by atoms with Crippen LogP contribution in [0.15, 0.2) is 42.5 Å². The van der Waals surface area contributed by atoms with Gasteiger partial charge >= 0.3 is 0 Å². The van der Waals surface area contributed by atoms with Crippen LogP contribution in [-0.4, -0.2) is 23.9 Å². The van der Waals surface area contributed by atoms with Crippen molar-refractivity contribution >= 4 is 17.5 Å². The Morgan fingerprint density at radius 2 is 1.70 bits per heavy atom. The fourth-order valence-electron chi connectivity index (χ4n) is 3.14. The minimum absolute atomic E-state index is 0.0561. The molecule has 4 heteroatoms. The van der Waals surface area contributed by atoms with E-state index in [-0.39, 0.29) is 10.9 Å². The fourth-order valence-corrected chi connectivity index (χ4v) is 3.32. The van der Waals surface area contributed by atoms with E-state index in [0.717, 1.165) is 24.0 Å². The van der Waals surface area contributed by atoms with Gasteiger partial charge in [-0.15, -0.1) is 0 Å². The van der Waals surface area contributed by atoms with Gasteiger partial charge in [-0.05, 0) is 48.2 Å². The number of hydrogen-bond donors (Lipinski definition) is 0. The number of nitrogens with zero attached hydrogens (tertiary/aromatic N) is 1. The largest absolute Gasteiger partial charge is 0.339 e. The van der Waals surface area contributed by atoms with Crippen molar-refractivity contribution < 1.29 is 9.18 Å². The monoisotopic (exact) mass is 331 g/mol. The lowest BCUT2D eigenvalue weighted by atomic mass is 10.0. The highest BCUT2D eigenvalue weighted by Crippen LogP contribution is 2.27. The molecule has 2 aromatic carbocycles. The number of halogens is 2. The van der Waals surface area contributed by atoms with Crippen LogP contribution in [0, 0.1) is 5.82 Å². The van der Waals surface area contributed by atoms with Gasteiger partial charge < -0.3 is 4.90 Å². The zero-order valence-corrected chi connectivity index (χ0v) is 13.8. The van der Waals surface area contributed by atoms with E-state index in [1.165, 1.54) is 18.9 Å². The third-order valence-electron chi connectivity index (χ3n) is 4.58. The normalized spacial score (nSPS) is 14.9. The lowest BCUT2D eigenvalue weighted by Crippen LogP contribution is -2.35. The molecule has 1 amide bonds. The van der Waals surface area contributed by atoms with Gasteiger partial charge in [-0.3, -0.25) is 4.79 Å². The number of carbonyl (C=O) groups is 1. The summed E-state index contributed by atoms with van der Waals surface area (Å²) in [5, 5.41) is 0.101. The van der Waals surface area contributed by atoms with E-state index in [1.807, 2.05) is 36.2 Å². The van der Waals surface area contributed by atoms with Crippen molar-refractivity contribution in [3.8, 4) is 11.1 Å². The summed E-state index contributed by atoms with van der Waals surface area (Å²) < 4.78 is 13.2. The number of carbonyl (C=O) groups excluding carboxylic acids is 1. The van der Waals surface area contributed by atoms with Gasteiger partial charge in [0.2, 0.25) is 0 Å². The molecule has 1 aliphatic rings. The van der Waals surface area contributed by atoms with Gasteiger partial charge in [-0.2, -0.15) is 0 Å². The summed E-state index contributed by atoms with van der Waals surface area (Å²) in [6.07, 6.45) is 4.59. The third-order valence-corrected chi connectivity index (χ3v) is 4.87. The molecular weight excluding hydrogens is 313 g/mol. The van der Waals surface area contributed by atoms with E-state index >= 15 is 0 Å². The molecule has 0 saturated heterocycles. The Hall–Kier alpha value is -1.87. The number of rotatable bonds is 3. The Labute approximate surface area is 140 Å². The molecule has 120 valence electrons. The highest BCUT2D eigenvalue weighted by Gasteiger charge is 2.24. The highest BCUT2D eigenvalue weighted by molar-refractivity contribution is 6.31. The summed E-state index contributed by atoms with van der Waals surface area (Å²) in [7, 11) is 1.88. The zero-order valence-electron chi connectivity index (χ0n) is 13.1. The van der Waals surface area contributed by atoms with Crippen LogP contribution in [0.4, 0.5) is 4.39 Å². The Bertz CT molecular complexity index is 708. The van der Waals surface area contributed by atoms with Gasteiger partial charge in [0.15, 0.2) is 0 Å². The summed E-state index contributed by atoms with van der Waals surface area (Å²) in [6, 6.07) is 12.4. The van der Waals surface area contributed by atoms with E-state index in [4.69, 9.17) is 11.6 Å². The van der Waals surface area contributed by atoms with Crippen LogP contribution in [0.2, 0.25) is 5.02 Å². The molecule has 0 heterocycles. The van der Waals surface area contributed by atoms with Gasteiger partial charge in [0.1, 0.15) is 5.82 Å². The molecule has 0 bridgehead atoms. The second-order valence-electron chi connectivity index (χ2n) is 6.06.